The van der Waals surface area contributed by atoms with Crippen LogP contribution in [0, 0.1) is 0 Å². The van der Waals surface area contributed by atoms with Gasteiger partial charge in [0.25, 0.3) is 5.91 Å². The number of nitrogens with one attached hydrogen (secondary N) is 1. The fourth-order valence-corrected chi connectivity index (χ4v) is 2.81. The molecule has 0 aliphatic heterocycles. The lowest BCUT2D eigenvalue weighted by atomic mass is 10.1. The van der Waals surface area contributed by atoms with Crippen molar-refractivity contribution < 1.29 is 9.53 Å². The van der Waals surface area contributed by atoms with E-state index in [4.69, 9.17) is 4.74 Å². The molecule has 5 nitrogen and oxygen atoms in total. The van der Waals surface area contributed by atoms with Crippen molar-refractivity contribution in [3.8, 4) is 16.9 Å². The standard InChI is InChI=1S/C19H17N3O2S/c1-2-24-16-7-5-14(6-8-16)15-9-10-20-18(12-15)19(23)22-21-13-17-4-3-11-25-17/h3-13H,2H2,1H3,(H,22,23)/b21-13+. The van der Waals surface area contributed by atoms with Gasteiger partial charge in [-0.05, 0) is 53.8 Å². The van der Waals surface area contributed by atoms with Gasteiger partial charge in [-0.1, -0.05) is 18.2 Å². The van der Waals surface area contributed by atoms with Crippen LogP contribution in [0.3, 0.4) is 0 Å². The molecule has 0 saturated carbocycles. The van der Waals surface area contributed by atoms with Gasteiger partial charge in [0.15, 0.2) is 0 Å². The predicted molar refractivity (Wildman–Crippen MR) is 100 cm³/mol. The van der Waals surface area contributed by atoms with Crippen LogP contribution < -0.4 is 10.2 Å². The Morgan fingerprint density at radius 3 is 2.80 bits per heavy atom. The number of hydrazone groups is 1. The molecule has 126 valence electrons. The fourth-order valence-electron chi connectivity index (χ4n) is 2.22. The molecular weight excluding hydrogens is 334 g/mol. The first-order valence-corrected chi connectivity index (χ1v) is 8.70. The maximum atomic E-state index is 12.2. The molecule has 2 heterocycles. The molecule has 6 heteroatoms. The quantitative estimate of drug-likeness (QED) is 0.540. The summed E-state index contributed by atoms with van der Waals surface area (Å²) >= 11 is 1.55. The van der Waals surface area contributed by atoms with E-state index in [-0.39, 0.29) is 5.91 Å². The average molecular weight is 351 g/mol. The minimum absolute atomic E-state index is 0.315. The van der Waals surface area contributed by atoms with Crippen molar-refractivity contribution in [1.82, 2.24) is 10.4 Å². The molecule has 0 saturated heterocycles. The van der Waals surface area contributed by atoms with E-state index < -0.39 is 0 Å². The van der Waals surface area contributed by atoms with Crippen LogP contribution in [0.15, 0.2) is 65.2 Å². The largest absolute Gasteiger partial charge is 0.494 e. The van der Waals surface area contributed by atoms with E-state index >= 15 is 0 Å². The van der Waals surface area contributed by atoms with Crippen LogP contribution in [0.2, 0.25) is 0 Å². The molecule has 0 spiro atoms. The van der Waals surface area contributed by atoms with Gasteiger partial charge in [0.2, 0.25) is 0 Å². The molecule has 3 rings (SSSR count). The van der Waals surface area contributed by atoms with Gasteiger partial charge in [0.05, 0.1) is 12.8 Å². The van der Waals surface area contributed by atoms with Crippen molar-refractivity contribution in [3.63, 3.8) is 0 Å². The Morgan fingerprint density at radius 1 is 1.24 bits per heavy atom. The van der Waals surface area contributed by atoms with Crippen molar-refractivity contribution in [2.45, 2.75) is 6.92 Å². The fraction of sp³-hybridized carbons (Fsp3) is 0.105. The summed E-state index contributed by atoms with van der Waals surface area (Å²) in [5, 5.41) is 5.90. The molecule has 1 N–H and O–H groups in total. The number of aromatic nitrogens is 1. The molecule has 0 fully saturated rings. The van der Waals surface area contributed by atoms with Crippen molar-refractivity contribution in [1.29, 1.82) is 0 Å². The lowest BCUT2D eigenvalue weighted by Crippen LogP contribution is -2.18. The van der Waals surface area contributed by atoms with Crippen LogP contribution in [0.1, 0.15) is 22.3 Å². The number of nitrogens with zero attached hydrogens (tertiary/aromatic N) is 2. The number of hydrogen-bond acceptors (Lipinski definition) is 5. The Morgan fingerprint density at radius 2 is 2.08 bits per heavy atom. The Labute approximate surface area is 150 Å². The molecule has 0 unspecified atom stereocenters. The minimum Gasteiger partial charge on any atom is -0.494 e. The topological polar surface area (TPSA) is 63.6 Å². The maximum Gasteiger partial charge on any atom is 0.289 e. The highest BCUT2D eigenvalue weighted by molar-refractivity contribution is 7.11. The zero-order valence-corrected chi connectivity index (χ0v) is 14.5. The first-order valence-electron chi connectivity index (χ1n) is 7.82. The summed E-state index contributed by atoms with van der Waals surface area (Å²) < 4.78 is 5.44. The number of rotatable bonds is 6. The third-order valence-electron chi connectivity index (χ3n) is 3.39. The van der Waals surface area contributed by atoms with Crippen LogP contribution in [-0.2, 0) is 0 Å². The van der Waals surface area contributed by atoms with E-state index in [9.17, 15) is 4.79 Å². The Kier molecular flexibility index (Phi) is 5.53. The number of carbonyl (C=O) groups excluding carboxylic acids is 1. The minimum atomic E-state index is -0.347. The van der Waals surface area contributed by atoms with Crippen LogP contribution in [-0.4, -0.2) is 23.7 Å². The van der Waals surface area contributed by atoms with Crippen LogP contribution in [0.4, 0.5) is 0 Å². The van der Waals surface area contributed by atoms with Gasteiger partial charge in [0, 0.05) is 11.1 Å². The Balaban J connectivity index is 1.71. The zero-order chi connectivity index (χ0) is 17.5. The third kappa shape index (κ3) is 4.51. The monoisotopic (exact) mass is 351 g/mol. The van der Waals surface area contributed by atoms with E-state index in [0.29, 0.717) is 12.3 Å². The number of hydrogen-bond donors (Lipinski definition) is 1. The summed E-state index contributed by atoms with van der Waals surface area (Å²) in [6.07, 6.45) is 3.22. The summed E-state index contributed by atoms with van der Waals surface area (Å²) in [5.74, 6) is 0.474. The molecule has 1 aromatic carbocycles. The van der Waals surface area contributed by atoms with Crippen molar-refractivity contribution in [3.05, 3.63) is 70.7 Å². The van der Waals surface area contributed by atoms with Gasteiger partial charge < -0.3 is 4.74 Å². The molecule has 1 amide bonds. The average Bonchev–Trinajstić information content (AvgIpc) is 3.16. The number of pyridine rings is 1. The van der Waals surface area contributed by atoms with Gasteiger partial charge in [-0.25, -0.2) is 5.43 Å². The van der Waals surface area contributed by atoms with Crippen molar-refractivity contribution in [2.75, 3.05) is 6.61 Å². The van der Waals surface area contributed by atoms with Crippen LogP contribution in [0.5, 0.6) is 5.75 Å². The summed E-state index contributed by atoms with van der Waals surface area (Å²) in [5.41, 5.74) is 4.71. The van der Waals surface area contributed by atoms with E-state index in [1.165, 1.54) is 0 Å². The van der Waals surface area contributed by atoms with Crippen LogP contribution >= 0.6 is 11.3 Å². The molecule has 0 aliphatic rings. The van der Waals surface area contributed by atoms with Gasteiger partial charge in [-0.15, -0.1) is 11.3 Å². The van der Waals surface area contributed by atoms with E-state index in [2.05, 4.69) is 15.5 Å². The van der Waals surface area contributed by atoms with Gasteiger partial charge in [0.1, 0.15) is 11.4 Å². The predicted octanol–water partition coefficient (Wildman–Crippen LogP) is 3.97. The van der Waals surface area contributed by atoms with Gasteiger partial charge >= 0.3 is 0 Å². The van der Waals surface area contributed by atoms with Crippen molar-refractivity contribution in [2.24, 2.45) is 5.10 Å². The highest BCUT2D eigenvalue weighted by Gasteiger charge is 2.08. The second kappa shape index (κ2) is 8.21. The first-order chi connectivity index (χ1) is 12.3. The second-order valence-electron chi connectivity index (χ2n) is 5.10. The van der Waals surface area contributed by atoms with E-state index in [0.717, 1.165) is 21.8 Å². The number of amides is 1. The van der Waals surface area contributed by atoms with Gasteiger partial charge in [-0.3, -0.25) is 9.78 Å². The second-order valence-corrected chi connectivity index (χ2v) is 6.08. The van der Waals surface area contributed by atoms with E-state index in [1.54, 1.807) is 29.8 Å². The molecule has 0 aliphatic carbocycles. The normalized spacial score (nSPS) is 10.8. The lowest BCUT2D eigenvalue weighted by Gasteiger charge is -2.06. The number of ether oxygens (including phenoxy) is 1. The molecule has 25 heavy (non-hydrogen) atoms. The van der Waals surface area contributed by atoms with E-state index in [1.807, 2.05) is 54.8 Å². The van der Waals surface area contributed by atoms with Crippen molar-refractivity contribution >= 4 is 23.5 Å². The summed E-state index contributed by atoms with van der Waals surface area (Å²) in [4.78, 5) is 17.3. The lowest BCUT2D eigenvalue weighted by molar-refractivity contribution is 0.0950. The first kappa shape index (κ1) is 16.9. The highest BCUT2D eigenvalue weighted by Crippen LogP contribution is 2.22. The van der Waals surface area contributed by atoms with Gasteiger partial charge in [-0.2, -0.15) is 5.10 Å². The molecule has 0 radical (unpaired) electrons. The Hall–Kier alpha value is -2.99. The molecule has 0 atom stereocenters. The SMILES string of the molecule is CCOc1ccc(-c2ccnc(C(=O)N/N=C/c3cccs3)c2)cc1. The third-order valence-corrected chi connectivity index (χ3v) is 4.20. The maximum absolute atomic E-state index is 12.2. The van der Waals surface area contributed by atoms with Crippen LogP contribution in [0.25, 0.3) is 11.1 Å². The summed E-state index contributed by atoms with van der Waals surface area (Å²) in [6.45, 7) is 2.58. The Bertz CT molecular complexity index is 859. The molecule has 3 aromatic rings. The highest BCUT2D eigenvalue weighted by atomic mass is 32.1. The molecule has 0 bridgehead atoms. The number of benzene rings is 1. The molecular formula is C19H17N3O2S. The smallest absolute Gasteiger partial charge is 0.289 e. The number of carbonyl (C=O) groups is 1. The summed E-state index contributed by atoms with van der Waals surface area (Å²) in [6, 6.07) is 15.2. The summed E-state index contributed by atoms with van der Waals surface area (Å²) in [7, 11) is 0. The molecule has 2 aromatic heterocycles. The zero-order valence-electron chi connectivity index (χ0n) is 13.7. The number of thiophene rings is 1.